The lowest BCUT2D eigenvalue weighted by Crippen LogP contribution is -2.43. The number of aliphatic hydroxyl groups is 1. The van der Waals surface area contributed by atoms with Crippen LogP contribution in [0.4, 0.5) is 0 Å². The minimum absolute atomic E-state index is 0.236. The summed E-state index contributed by atoms with van der Waals surface area (Å²) in [4.78, 5) is 0. The Labute approximate surface area is 106 Å². The van der Waals surface area contributed by atoms with Crippen molar-refractivity contribution >= 4 is 8.32 Å². The number of hydrogen-bond acceptors (Lipinski definition) is 3. The smallest absolute Gasteiger partial charge is 0.192 e. The third-order valence-corrected chi connectivity index (χ3v) is 9.29. The molecule has 100 valence electrons. The zero-order chi connectivity index (χ0) is 12.8. The number of rotatable bonds is 2. The molecule has 3 nitrogen and oxygen atoms in total. The van der Waals surface area contributed by atoms with Gasteiger partial charge in [-0.1, -0.05) is 20.8 Å². The van der Waals surface area contributed by atoms with E-state index in [0.717, 1.165) is 12.8 Å². The van der Waals surface area contributed by atoms with Crippen molar-refractivity contribution < 1.29 is 14.3 Å². The highest BCUT2D eigenvalue weighted by atomic mass is 28.4. The van der Waals surface area contributed by atoms with Gasteiger partial charge in [0.25, 0.3) is 0 Å². The molecule has 0 aromatic heterocycles. The number of hydrogen-bond donors (Lipinski definition) is 1. The zero-order valence-corrected chi connectivity index (χ0v) is 12.7. The van der Waals surface area contributed by atoms with Gasteiger partial charge in [0.2, 0.25) is 0 Å². The van der Waals surface area contributed by atoms with Crippen LogP contribution in [0.3, 0.4) is 0 Å². The van der Waals surface area contributed by atoms with Gasteiger partial charge in [-0.05, 0) is 31.0 Å². The van der Waals surface area contributed by atoms with E-state index >= 15 is 0 Å². The van der Waals surface area contributed by atoms with E-state index in [0.29, 0.717) is 18.6 Å². The van der Waals surface area contributed by atoms with E-state index < -0.39 is 8.32 Å². The lowest BCUT2D eigenvalue weighted by molar-refractivity contribution is 0.0637. The zero-order valence-electron chi connectivity index (χ0n) is 11.7. The van der Waals surface area contributed by atoms with Gasteiger partial charge >= 0.3 is 0 Å². The molecule has 1 aliphatic heterocycles. The third-order valence-electron chi connectivity index (χ3n) is 4.75. The van der Waals surface area contributed by atoms with Crippen LogP contribution in [0.15, 0.2) is 0 Å². The summed E-state index contributed by atoms with van der Waals surface area (Å²) in [5.41, 5.74) is 0. The molecule has 0 unspecified atom stereocenters. The second-order valence-corrected chi connectivity index (χ2v) is 11.8. The molecule has 17 heavy (non-hydrogen) atoms. The molecule has 1 saturated heterocycles. The molecule has 0 aromatic rings. The van der Waals surface area contributed by atoms with Crippen molar-refractivity contribution in [2.45, 2.75) is 70.1 Å². The maximum Gasteiger partial charge on any atom is 0.192 e. The van der Waals surface area contributed by atoms with Crippen molar-refractivity contribution in [1.29, 1.82) is 0 Å². The molecule has 1 N–H and O–H groups in total. The standard InChI is InChI=1S/C13H26O3Si/c1-13(2,3)17(4,5)16-9-6-10-11(14)8-15-12(10)7-9/h9-12,14H,6-8H2,1-5H3/t9-,10-,11-,12-/m1/s1. The van der Waals surface area contributed by atoms with Gasteiger partial charge < -0.3 is 14.3 Å². The molecule has 0 amide bonds. The van der Waals surface area contributed by atoms with E-state index in [1.807, 2.05) is 0 Å². The van der Waals surface area contributed by atoms with E-state index in [9.17, 15) is 5.11 Å². The maximum atomic E-state index is 9.81. The molecule has 1 heterocycles. The van der Waals surface area contributed by atoms with Crippen LogP contribution in [-0.2, 0) is 9.16 Å². The monoisotopic (exact) mass is 258 g/mol. The number of fused-ring (bicyclic) bond motifs is 1. The first-order chi connectivity index (χ1) is 7.71. The number of ether oxygens (including phenoxy) is 1. The van der Waals surface area contributed by atoms with Crippen molar-refractivity contribution in [1.82, 2.24) is 0 Å². The summed E-state index contributed by atoms with van der Waals surface area (Å²) in [6, 6.07) is 0. The average molecular weight is 258 g/mol. The van der Waals surface area contributed by atoms with Gasteiger partial charge in [0.05, 0.1) is 18.8 Å². The predicted molar refractivity (Wildman–Crippen MR) is 70.5 cm³/mol. The van der Waals surface area contributed by atoms with E-state index in [4.69, 9.17) is 9.16 Å². The van der Waals surface area contributed by atoms with Gasteiger partial charge in [-0.2, -0.15) is 0 Å². The molecule has 1 saturated carbocycles. The Hall–Kier alpha value is 0.0969. The molecule has 0 aromatic carbocycles. The summed E-state index contributed by atoms with van der Waals surface area (Å²) in [6.45, 7) is 11.9. The van der Waals surface area contributed by atoms with Gasteiger partial charge in [0, 0.05) is 12.0 Å². The minimum Gasteiger partial charge on any atom is -0.414 e. The summed E-state index contributed by atoms with van der Waals surface area (Å²) >= 11 is 0. The topological polar surface area (TPSA) is 38.7 Å². The largest absolute Gasteiger partial charge is 0.414 e. The van der Waals surface area contributed by atoms with E-state index in [2.05, 4.69) is 33.9 Å². The van der Waals surface area contributed by atoms with Crippen LogP contribution in [-0.4, -0.2) is 38.3 Å². The fourth-order valence-electron chi connectivity index (χ4n) is 2.62. The molecular weight excluding hydrogens is 232 g/mol. The van der Waals surface area contributed by atoms with Gasteiger partial charge in [0.1, 0.15) is 0 Å². The van der Waals surface area contributed by atoms with Crippen molar-refractivity contribution in [3.8, 4) is 0 Å². The predicted octanol–water partition coefficient (Wildman–Crippen LogP) is 2.55. The Bertz CT molecular complexity index is 285. The van der Waals surface area contributed by atoms with Crippen molar-refractivity contribution in [3.63, 3.8) is 0 Å². The Morgan fingerprint density at radius 2 is 1.88 bits per heavy atom. The van der Waals surface area contributed by atoms with Crippen LogP contribution in [0.2, 0.25) is 18.1 Å². The van der Waals surface area contributed by atoms with E-state index in [-0.39, 0.29) is 17.2 Å². The minimum atomic E-state index is -1.68. The van der Waals surface area contributed by atoms with Crippen molar-refractivity contribution in [2.24, 2.45) is 5.92 Å². The highest BCUT2D eigenvalue weighted by Crippen LogP contribution is 2.43. The van der Waals surface area contributed by atoms with Crippen LogP contribution in [0.1, 0.15) is 33.6 Å². The van der Waals surface area contributed by atoms with Crippen LogP contribution in [0.25, 0.3) is 0 Å². The highest BCUT2D eigenvalue weighted by molar-refractivity contribution is 6.74. The summed E-state index contributed by atoms with van der Waals surface area (Å²) in [5.74, 6) is 0.310. The van der Waals surface area contributed by atoms with Crippen LogP contribution in [0, 0.1) is 5.92 Å². The first-order valence-corrected chi connectivity index (χ1v) is 9.59. The second kappa shape index (κ2) is 4.33. The molecule has 2 rings (SSSR count). The maximum absolute atomic E-state index is 9.81. The van der Waals surface area contributed by atoms with Gasteiger partial charge in [0.15, 0.2) is 8.32 Å². The van der Waals surface area contributed by atoms with Gasteiger partial charge in [-0.15, -0.1) is 0 Å². The van der Waals surface area contributed by atoms with E-state index in [1.165, 1.54) is 0 Å². The molecular formula is C13H26O3Si. The fraction of sp³-hybridized carbons (Fsp3) is 1.00. The summed E-state index contributed by atoms with van der Waals surface area (Å²) in [7, 11) is -1.68. The second-order valence-electron chi connectivity index (χ2n) is 7.07. The van der Waals surface area contributed by atoms with Gasteiger partial charge in [-0.3, -0.25) is 0 Å². The Morgan fingerprint density at radius 3 is 2.41 bits per heavy atom. The lowest BCUT2D eigenvalue weighted by Gasteiger charge is -2.38. The first-order valence-electron chi connectivity index (χ1n) is 6.68. The van der Waals surface area contributed by atoms with Crippen LogP contribution >= 0.6 is 0 Å². The Kier molecular flexibility index (Phi) is 3.45. The van der Waals surface area contributed by atoms with E-state index in [1.54, 1.807) is 0 Å². The molecule has 2 aliphatic rings. The molecule has 4 heteroatoms. The third kappa shape index (κ3) is 2.60. The fourth-order valence-corrected chi connectivity index (χ4v) is 4.00. The Morgan fingerprint density at radius 1 is 1.24 bits per heavy atom. The number of aliphatic hydroxyl groups excluding tert-OH is 1. The van der Waals surface area contributed by atoms with Crippen LogP contribution < -0.4 is 0 Å². The quantitative estimate of drug-likeness (QED) is 0.774. The Balaban J connectivity index is 1.95. The van der Waals surface area contributed by atoms with Gasteiger partial charge in [-0.25, -0.2) is 0 Å². The molecule has 0 radical (unpaired) electrons. The molecule has 0 bridgehead atoms. The average Bonchev–Trinajstić information content (AvgIpc) is 2.66. The van der Waals surface area contributed by atoms with Crippen LogP contribution in [0.5, 0.6) is 0 Å². The summed E-state index contributed by atoms with van der Waals surface area (Å²) < 4.78 is 12.0. The SMILES string of the molecule is CC(C)(C)[Si](C)(C)O[C@@H]1C[C@@H]2[C@H](O)CO[C@@H]2C1. The molecule has 1 aliphatic carbocycles. The molecule has 0 spiro atoms. The summed E-state index contributed by atoms with van der Waals surface area (Å²) in [5, 5.41) is 10.1. The molecule has 2 fully saturated rings. The first kappa shape index (κ1) is 13.5. The highest BCUT2D eigenvalue weighted by Gasteiger charge is 2.47. The molecule has 4 atom stereocenters. The summed E-state index contributed by atoms with van der Waals surface area (Å²) in [6.07, 6.45) is 2.20. The van der Waals surface area contributed by atoms with Crippen molar-refractivity contribution in [3.05, 3.63) is 0 Å². The normalized spacial score (nSPS) is 38.5. The lowest BCUT2D eigenvalue weighted by atomic mass is 10.0. The van der Waals surface area contributed by atoms with Crippen molar-refractivity contribution in [2.75, 3.05) is 6.61 Å².